The standard InChI is InChI=1S/C18H20FNO2/c1-2-6-14-9-10-16(19)11-17(14)20(13-22)18(12-21)15-7-4-3-5-8-15/h3-5,7-11,13,18,21H,2,6,12H2,1H3/t18-/m1/s1. The Morgan fingerprint density at radius 1 is 1.23 bits per heavy atom. The number of carbonyl (C=O) groups is 1. The molecule has 0 radical (unpaired) electrons. The van der Waals surface area contributed by atoms with E-state index in [4.69, 9.17) is 0 Å². The van der Waals surface area contributed by atoms with Gasteiger partial charge in [-0.15, -0.1) is 0 Å². The third kappa shape index (κ3) is 3.52. The van der Waals surface area contributed by atoms with Gasteiger partial charge in [0.05, 0.1) is 18.3 Å². The molecule has 4 heteroatoms. The lowest BCUT2D eigenvalue weighted by Gasteiger charge is -2.29. The molecule has 0 aliphatic rings. The predicted molar refractivity (Wildman–Crippen MR) is 85.2 cm³/mol. The van der Waals surface area contributed by atoms with Gasteiger partial charge in [-0.25, -0.2) is 4.39 Å². The molecule has 0 aliphatic carbocycles. The van der Waals surface area contributed by atoms with Crippen molar-refractivity contribution >= 4 is 12.1 Å². The molecule has 0 aliphatic heterocycles. The van der Waals surface area contributed by atoms with E-state index in [0.717, 1.165) is 24.0 Å². The number of anilines is 1. The van der Waals surface area contributed by atoms with Gasteiger partial charge in [0.1, 0.15) is 5.82 Å². The molecule has 1 N–H and O–H groups in total. The molecule has 22 heavy (non-hydrogen) atoms. The molecule has 1 amide bonds. The second-order valence-electron chi connectivity index (χ2n) is 5.14. The highest BCUT2D eigenvalue weighted by Crippen LogP contribution is 2.30. The van der Waals surface area contributed by atoms with Crippen molar-refractivity contribution in [1.82, 2.24) is 0 Å². The van der Waals surface area contributed by atoms with Crippen LogP contribution in [0.15, 0.2) is 48.5 Å². The monoisotopic (exact) mass is 301 g/mol. The first kappa shape index (κ1) is 16.2. The number of carbonyl (C=O) groups excluding carboxylic acids is 1. The van der Waals surface area contributed by atoms with Gasteiger partial charge in [-0.1, -0.05) is 49.7 Å². The number of amides is 1. The highest BCUT2D eigenvalue weighted by molar-refractivity contribution is 5.78. The van der Waals surface area contributed by atoms with Crippen LogP contribution in [0.3, 0.4) is 0 Å². The van der Waals surface area contributed by atoms with Crippen LogP contribution >= 0.6 is 0 Å². The maximum atomic E-state index is 13.6. The first-order chi connectivity index (χ1) is 10.7. The molecule has 0 aromatic heterocycles. The molecule has 1 atom stereocenters. The van der Waals surface area contributed by atoms with E-state index in [2.05, 4.69) is 0 Å². The van der Waals surface area contributed by atoms with Crippen LogP contribution in [0.5, 0.6) is 0 Å². The van der Waals surface area contributed by atoms with Crippen molar-refractivity contribution in [1.29, 1.82) is 0 Å². The molecule has 2 aromatic carbocycles. The van der Waals surface area contributed by atoms with Gasteiger partial charge < -0.3 is 10.0 Å². The summed E-state index contributed by atoms with van der Waals surface area (Å²) in [6.45, 7) is 1.80. The van der Waals surface area contributed by atoms with Crippen molar-refractivity contribution in [3.05, 3.63) is 65.5 Å². The summed E-state index contributed by atoms with van der Waals surface area (Å²) in [5, 5.41) is 9.74. The Morgan fingerprint density at radius 3 is 2.55 bits per heavy atom. The molecule has 0 heterocycles. The van der Waals surface area contributed by atoms with Crippen molar-refractivity contribution in [2.45, 2.75) is 25.8 Å². The van der Waals surface area contributed by atoms with Crippen LogP contribution in [-0.2, 0) is 11.2 Å². The summed E-state index contributed by atoms with van der Waals surface area (Å²) in [5.41, 5.74) is 2.22. The molecule has 0 saturated heterocycles. The Hall–Kier alpha value is -2.20. The van der Waals surface area contributed by atoms with E-state index in [9.17, 15) is 14.3 Å². The van der Waals surface area contributed by atoms with Crippen LogP contribution in [0.2, 0.25) is 0 Å². The first-order valence-corrected chi connectivity index (χ1v) is 7.39. The largest absolute Gasteiger partial charge is 0.394 e. The maximum absolute atomic E-state index is 13.6. The zero-order valence-electron chi connectivity index (χ0n) is 12.6. The molecule has 0 saturated carbocycles. The number of hydrogen-bond donors (Lipinski definition) is 1. The first-order valence-electron chi connectivity index (χ1n) is 7.39. The lowest BCUT2D eigenvalue weighted by molar-refractivity contribution is -0.108. The molecule has 116 valence electrons. The van der Waals surface area contributed by atoms with Gasteiger partial charge in [-0.2, -0.15) is 0 Å². The Morgan fingerprint density at radius 2 is 1.95 bits per heavy atom. The second-order valence-corrected chi connectivity index (χ2v) is 5.14. The highest BCUT2D eigenvalue weighted by atomic mass is 19.1. The van der Waals surface area contributed by atoms with Gasteiger partial charge in [-0.05, 0) is 29.7 Å². The van der Waals surface area contributed by atoms with E-state index in [1.165, 1.54) is 17.0 Å². The van der Waals surface area contributed by atoms with Crippen molar-refractivity contribution in [2.24, 2.45) is 0 Å². The SMILES string of the molecule is CCCc1ccc(F)cc1N(C=O)[C@H](CO)c1ccccc1. The summed E-state index contributed by atoms with van der Waals surface area (Å²) in [5.74, 6) is -0.397. The molecule has 0 fully saturated rings. The predicted octanol–water partition coefficient (Wildman–Crippen LogP) is 3.47. The van der Waals surface area contributed by atoms with Crippen LogP contribution < -0.4 is 4.90 Å². The normalized spacial score (nSPS) is 12.0. The van der Waals surface area contributed by atoms with Crippen LogP contribution in [0, 0.1) is 5.82 Å². The summed E-state index contributed by atoms with van der Waals surface area (Å²) in [6, 6.07) is 13.2. The van der Waals surface area contributed by atoms with E-state index < -0.39 is 11.9 Å². The molecular formula is C18H20FNO2. The smallest absolute Gasteiger partial charge is 0.214 e. The van der Waals surface area contributed by atoms with Crippen molar-refractivity contribution in [3.63, 3.8) is 0 Å². The number of aryl methyl sites for hydroxylation is 1. The Labute approximate surface area is 130 Å². The lowest BCUT2D eigenvalue weighted by Crippen LogP contribution is -2.30. The van der Waals surface area contributed by atoms with Crippen molar-refractivity contribution in [2.75, 3.05) is 11.5 Å². The fourth-order valence-corrected chi connectivity index (χ4v) is 2.59. The molecule has 2 aromatic rings. The molecule has 0 bridgehead atoms. The van der Waals surface area contributed by atoms with Gasteiger partial charge in [0.25, 0.3) is 0 Å². The molecular weight excluding hydrogens is 281 g/mol. The minimum atomic E-state index is -0.531. The van der Waals surface area contributed by atoms with Crippen LogP contribution in [0.25, 0.3) is 0 Å². The van der Waals surface area contributed by atoms with E-state index in [-0.39, 0.29) is 6.61 Å². The summed E-state index contributed by atoms with van der Waals surface area (Å²) >= 11 is 0. The van der Waals surface area contributed by atoms with Crippen molar-refractivity contribution < 1.29 is 14.3 Å². The average molecular weight is 301 g/mol. The average Bonchev–Trinajstić information content (AvgIpc) is 2.55. The Balaban J connectivity index is 2.46. The second kappa shape index (κ2) is 7.71. The third-order valence-electron chi connectivity index (χ3n) is 3.65. The quantitative estimate of drug-likeness (QED) is 0.795. The van der Waals surface area contributed by atoms with Gasteiger partial charge in [0.15, 0.2) is 0 Å². The van der Waals surface area contributed by atoms with Crippen LogP contribution in [-0.4, -0.2) is 18.1 Å². The summed E-state index contributed by atoms with van der Waals surface area (Å²) in [7, 11) is 0. The molecule has 0 unspecified atom stereocenters. The number of nitrogens with zero attached hydrogens (tertiary/aromatic N) is 1. The van der Waals surface area contributed by atoms with Gasteiger partial charge in [0.2, 0.25) is 6.41 Å². The minimum Gasteiger partial charge on any atom is -0.394 e. The molecule has 2 rings (SSSR count). The Bertz CT molecular complexity index is 616. The maximum Gasteiger partial charge on any atom is 0.214 e. The number of halogens is 1. The number of aliphatic hydroxyl groups excluding tert-OH is 1. The van der Waals surface area contributed by atoms with E-state index in [1.807, 2.05) is 37.3 Å². The summed E-state index contributed by atoms with van der Waals surface area (Å²) in [4.78, 5) is 13.0. The van der Waals surface area contributed by atoms with Gasteiger partial charge in [0, 0.05) is 0 Å². The van der Waals surface area contributed by atoms with E-state index >= 15 is 0 Å². The zero-order valence-corrected chi connectivity index (χ0v) is 12.6. The van der Waals surface area contributed by atoms with Crippen LogP contribution in [0.1, 0.15) is 30.5 Å². The van der Waals surface area contributed by atoms with E-state index in [1.54, 1.807) is 6.07 Å². The number of rotatable bonds is 7. The fourth-order valence-electron chi connectivity index (χ4n) is 2.59. The highest BCUT2D eigenvalue weighted by Gasteiger charge is 2.22. The third-order valence-corrected chi connectivity index (χ3v) is 3.65. The minimum absolute atomic E-state index is 0.231. The van der Waals surface area contributed by atoms with E-state index in [0.29, 0.717) is 12.1 Å². The molecule has 3 nitrogen and oxygen atoms in total. The number of hydrogen-bond acceptors (Lipinski definition) is 2. The Kier molecular flexibility index (Phi) is 5.67. The number of aliphatic hydroxyl groups is 1. The van der Waals surface area contributed by atoms with Gasteiger partial charge in [-0.3, -0.25) is 4.79 Å². The van der Waals surface area contributed by atoms with Gasteiger partial charge >= 0.3 is 0 Å². The lowest BCUT2D eigenvalue weighted by atomic mass is 10.0. The van der Waals surface area contributed by atoms with Crippen molar-refractivity contribution in [3.8, 4) is 0 Å². The summed E-state index contributed by atoms with van der Waals surface area (Å²) < 4.78 is 13.6. The number of benzene rings is 2. The van der Waals surface area contributed by atoms with Crippen LogP contribution in [0.4, 0.5) is 10.1 Å². The topological polar surface area (TPSA) is 40.5 Å². The summed E-state index contributed by atoms with van der Waals surface area (Å²) in [6.07, 6.45) is 2.29. The zero-order chi connectivity index (χ0) is 15.9. The molecule has 0 spiro atoms. The fraction of sp³-hybridized carbons (Fsp3) is 0.278.